The van der Waals surface area contributed by atoms with Gasteiger partial charge in [-0.15, -0.1) is 0 Å². The average Bonchev–Trinajstić information content (AvgIpc) is 2.73. The van der Waals surface area contributed by atoms with Gasteiger partial charge < -0.3 is 9.64 Å². The molecule has 7 heteroatoms. The Bertz CT molecular complexity index is 1150. The highest BCUT2D eigenvalue weighted by Crippen LogP contribution is 2.31. The number of hydrogen-bond donors (Lipinski definition) is 1. The number of H-pyrrole nitrogens is 1. The number of esters is 1. The third-order valence-corrected chi connectivity index (χ3v) is 5.28. The molecule has 2 heterocycles. The molecule has 0 radical (unpaired) electrons. The smallest absolute Gasteiger partial charge is 0.360 e. The molecule has 1 aromatic heterocycles. The molecule has 29 heavy (non-hydrogen) atoms. The molecule has 0 bridgehead atoms. The van der Waals surface area contributed by atoms with Gasteiger partial charge in [-0.2, -0.15) is 5.10 Å². The molecule has 0 saturated carbocycles. The molecule has 1 aliphatic heterocycles. The van der Waals surface area contributed by atoms with Crippen LogP contribution in [0.25, 0.3) is 10.8 Å². The SMILES string of the molecule is CC(OC(=O)c1n[nH]c(=O)c2ccccc12)C(=O)N1c2ccccc2CCC1C. The van der Waals surface area contributed by atoms with E-state index in [2.05, 4.69) is 10.2 Å². The third-order valence-electron chi connectivity index (χ3n) is 5.28. The number of aromatic nitrogens is 2. The molecule has 0 aliphatic carbocycles. The number of rotatable bonds is 3. The van der Waals surface area contributed by atoms with Crippen molar-refractivity contribution in [2.75, 3.05) is 4.90 Å². The number of aryl methyl sites for hydroxylation is 1. The highest BCUT2D eigenvalue weighted by molar-refractivity contribution is 6.04. The average molecular weight is 391 g/mol. The number of carbonyl (C=O) groups excluding carboxylic acids is 2. The van der Waals surface area contributed by atoms with Crippen molar-refractivity contribution in [3.8, 4) is 0 Å². The predicted molar refractivity (Wildman–Crippen MR) is 109 cm³/mol. The molecule has 1 aliphatic rings. The molecule has 0 saturated heterocycles. The lowest BCUT2D eigenvalue weighted by Gasteiger charge is -2.36. The Labute approximate surface area is 167 Å². The van der Waals surface area contributed by atoms with Crippen molar-refractivity contribution < 1.29 is 14.3 Å². The van der Waals surface area contributed by atoms with Crippen LogP contribution in [0.4, 0.5) is 5.69 Å². The van der Waals surface area contributed by atoms with Crippen LogP contribution in [-0.2, 0) is 16.0 Å². The molecular weight excluding hydrogens is 370 g/mol. The fraction of sp³-hybridized carbons (Fsp3) is 0.273. The first-order chi connectivity index (χ1) is 14.0. The molecule has 148 valence electrons. The first kappa shape index (κ1) is 18.9. The van der Waals surface area contributed by atoms with Crippen LogP contribution in [0.2, 0.25) is 0 Å². The summed E-state index contributed by atoms with van der Waals surface area (Å²) >= 11 is 0. The minimum absolute atomic E-state index is 0.00517. The second-order valence-corrected chi connectivity index (χ2v) is 7.22. The van der Waals surface area contributed by atoms with E-state index in [1.165, 1.54) is 0 Å². The third kappa shape index (κ3) is 3.40. The number of amides is 1. The summed E-state index contributed by atoms with van der Waals surface area (Å²) in [6.07, 6.45) is 0.751. The molecule has 1 N–H and O–H groups in total. The Hall–Kier alpha value is -3.48. The number of fused-ring (bicyclic) bond motifs is 2. The zero-order chi connectivity index (χ0) is 20.5. The molecular formula is C22H21N3O4. The van der Waals surface area contributed by atoms with Gasteiger partial charge in [0.05, 0.1) is 5.39 Å². The molecule has 2 aromatic carbocycles. The lowest BCUT2D eigenvalue weighted by Crippen LogP contribution is -2.47. The number of nitrogens with one attached hydrogen (secondary N) is 1. The van der Waals surface area contributed by atoms with E-state index < -0.39 is 12.1 Å². The minimum Gasteiger partial charge on any atom is -0.448 e. The van der Waals surface area contributed by atoms with Crippen LogP contribution < -0.4 is 10.5 Å². The zero-order valence-corrected chi connectivity index (χ0v) is 16.2. The number of nitrogens with zero attached hydrogens (tertiary/aromatic N) is 2. The van der Waals surface area contributed by atoms with Gasteiger partial charge in [0.25, 0.3) is 11.5 Å². The standard InChI is InChI=1S/C22H21N3O4/c1-13-11-12-15-7-3-6-10-18(15)25(13)21(27)14(2)29-22(28)19-16-8-4-5-9-17(16)20(26)24-23-19/h3-10,13-14H,11-12H2,1-2H3,(H,24,26). The van der Waals surface area contributed by atoms with E-state index in [0.29, 0.717) is 10.8 Å². The predicted octanol–water partition coefficient (Wildman–Crippen LogP) is 2.84. The molecule has 2 unspecified atom stereocenters. The lowest BCUT2D eigenvalue weighted by molar-refractivity contribution is -0.127. The van der Waals surface area contributed by atoms with Crippen molar-refractivity contribution in [3.63, 3.8) is 0 Å². The fourth-order valence-electron chi connectivity index (χ4n) is 3.76. The normalized spacial score (nSPS) is 16.9. The van der Waals surface area contributed by atoms with E-state index in [4.69, 9.17) is 4.74 Å². The van der Waals surface area contributed by atoms with Crippen LogP contribution >= 0.6 is 0 Å². The van der Waals surface area contributed by atoms with E-state index in [0.717, 1.165) is 24.1 Å². The van der Waals surface area contributed by atoms with Gasteiger partial charge in [0.15, 0.2) is 11.8 Å². The summed E-state index contributed by atoms with van der Waals surface area (Å²) in [5.41, 5.74) is 1.55. The second-order valence-electron chi connectivity index (χ2n) is 7.22. The van der Waals surface area contributed by atoms with Crippen LogP contribution in [0.5, 0.6) is 0 Å². The Morgan fingerprint density at radius 1 is 1.14 bits per heavy atom. The van der Waals surface area contributed by atoms with Gasteiger partial charge in [-0.1, -0.05) is 36.4 Å². The second kappa shape index (κ2) is 7.50. The van der Waals surface area contributed by atoms with Crippen molar-refractivity contribution >= 4 is 28.3 Å². The van der Waals surface area contributed by atoms with Crippen molar-refractivity contribution in [1.29, 1.82) is 0 Å². The van der Waals surface area contributed by atoms with Crippen LogP contribution in [-0.4, -0.2) is 34.2 Å². The van der Waals surface area contributed by atoms with Gasteiger partial charge >= 0.3 is 5.97 Å². The highest BCUT2D eigenvalue weighted by atomic mass is 16.5. The number of hydrogen-bond acceptors (Lipinski definition) is 5. The summed E-state index contributed by atoms with van der Waals surface area (Å²) in [7, 11) is 0. The number of carbonyl (C=O) groups is 2. The summed E-state index contributed by atoms with van der Waals surface area (Å²) in [5, 5.41) is 6.88. The number of aromatic amines is 1. The Morgan fingerprint density at radius 3 is 2.62 bits per heavy atom. The van der Waals surface area contributed by atoms with Gasteiger partial charge in [-0.05, 0) is 44.4 Å². The number of anilines is 1. The van der Waals surface area contributed by atoms with Crippen molar-refractivity contribution in [2.45, 2.75) is 38.8 Å². The highest BCUT2D eigenvalue weighted by Gasteiger charge is 2.33. The van der Waals surface area contributed by atoms with Gasteiger partial charge in [0.1, 0.15) is 0 Å². The fourth-order valence-corrected chi connectivity index (χ4v) is 3.76. The minimum atomic E-state index is -0.997. The van der Waals surface area contributed by atoms with E-state index in [9.17, 15) is 14.4 Å². The van der Waals surface area contributed by atoms with Crippen LogP contribution in [0.3, 0.4) is 0 Å². The topological polar surface area (TPSA) is 92.4 Å². The van der Waals surface area contributed by atoms with Crippen molar-refractivity contribution in [3.05, 3.63) is 70.1 Å². The summed E-state index contributed by atoms with van der Waals surface area (Å²) in [5.74, 6) is -1.04. The van der Waals surface area contributed by atoms with Crippen LogP contribution in [0, 0.1) is 0 Å². The Morgan fingerprint density at radius 2 is 1.83 bits per heavy atom. The van der Waals surface area contributed by atoms with Crippen molar-refractivity contribution in [1.82, 2.24) is 10.2 Å². The summed E-state index contributed by atoms with van der Waals surface area (Å²) in [6, 6.07) is 14.4. The number of para-hydroxylation sites is 1. The maximum atomic E-state index is 13.1. The van der Waals surface area contributed by atoms with Gasteiger partial charge in [-0.3, -0.25) is 9.59 Å². The summed E-state index contributed by atoms with van der Waals surface area (Å²) < 4.78 is 5.45. The van der Waals surface area contributed by atoms with Gasteiger partial charge in [0.2, 0.25) is 0 Å². The maximum Gasteiger partial charge on any atom is 0.360 e. The van der Waals surface area contributed by atoms with Gasteiger partial charge in [0, 0.05) is 17.1 Å². The lowest BCUT2D eigenvalue weighted by atomic mass is 9.96. The molecule has 7 nitrogen and oxygen atoms in total. The van der Waals surface area contributed by atoms with Gasteiger partial charge in [-0.25, -0.2) is 9.89 Å². The largest absolute Gasteiger partial charge is 0.448 e. The molecule has 0 fully saturated rings. The number of benzene rings is 2. The van der Waals surface area contributed by atoms with E-state index in [-0.39, 0.29) is 23.2 Å². The Kier molecular flexibility index (Phi) is 4.88. The van der Waals surface area contributed by atoms with E-state index >= 15 is 0 Å². The first-order valence-electron chi connectivity index (χ1n) is 9.56. The van der Waals surface area contributed by atoms with Crippen LogP contribution in [0.15, 0.2) is 53.3 Å². The van der Waals surface area contributed by atoms with Crippen molar-refractivity contribution in [2.24, 2.45) is 0 Å². The monoisotopic (exact) mass is 391 g/mol. The zero-order valence-electron chi connectivity index (χ0n) is 16.2. The maximum absolute atomic E-state index is 13.1. The van der Waals surface area contributed by atoms with Crippen LogP contribution in [0.1, 0.15) is 36.3 Å². The quantitative estimate of drug-likeness (QED) is 0.693. The molecule has 1 amide bonds. The number of ether oxygens (including phenoxy) is 1. The molecule has 2 atom stereocenters. The Balaban J connectivity index is 1.60. The van der Waals surface area contributed by atoms with E-state index in [1.54, 1.807) is 36.1 Å². The van der Waals surface area contributed by atoms with E-state index in [1.807, 2.05) is 31.2 Å². The summed E-state index contributed by atoms with van der Waals surface area (Å²) in [6.45, 7) is 3.54. The first-order valence-corrected chi connectivity index (χ1v) is 9.56. The summed E-state index contributed by atoms with van der Waals surface area (Å²) in [4.78, 5) is 39.5. The molecule has 4 rings (SSSR count). The molecule has 0 spiro atoms. The molecule has 3 aromatic rings.